The second-order valence-corrected chi connectivity index (χ2v) is 5.24. The Balaban J connectivity index is 1.99. The maximum absolute atomic E-state index is 9.64. The molecular formula is C16H18N2O. The molecule has 0 bridgehead atoms. The lowest BCUT2D eigenvalue weighted by atomic mass is 10.00. The summed E-state index contributed by atoms with van der Waals surface area (Å²) >= 11 is 0. The third-order valence-electron chi connectivity index (χ3n) is 3.93. The smallest absolute Gasteiger partial charge is 0.136 e. The van der Waals surface area contributed by atoms with Crippen molar-refractivity contribution in [1.82, 2.24) is 9.97 Å². The van der Waals surface area contributed by atoms with Crippen LogP contribution in [0.4, 0.5) is 0 Å². The van der Waals surface area contributed by atoms with Crippen molar-refractivity contribution in [2.45, 2.75) is 38.7 Å². The summed E-state index contributed by atoms with van der Waals surface area (Å²) < 4.78 is 0. The molecule has 1 N–H and O–H groups in total. The van der Waals surface area contributed by atoms with Gasteiger partial charge in [-0.25, -0.2) is 9.97 Å². The Bertz CT molecular complexity index is 607. The molecule has 1 aromatic carbocycles. The van der Waals surface area contributed by atoms with Crippen molar-refractivity contribution in [1.29, 1.82) is 0 Å². The van der Waals surface area contributed by atoms with E-state index in [0.717, 1.165) is 29.9 Å². The normalized spacial score (nSPS) is 19.2. The van der Waals surface area contributed by atoms with Gasteiger partial charge in [-0.2, -0.15) is 0 Å². The lowest BCUT2D eigenvalue weighted by Crippen LogP contribution is -2.07. The molecule has 0 aliphatic heterocycles. The summed E-state index contributed by atoms with van der Waals surface area (Å²) in [5, 5.41) is 9.64. The third-order valence-corrected chi connectivity index (χ3v) is 3.93. The van der Waals surface area contributed by atoms with Crippen LogP contribution >= 0.6 is 0 Å². The van der Waals surface area contributed by atoms with E-state index in [1.54, 1.807) is 13.1 Å². The zero-order chi connectivity index (χ0) is 13.4. The summed E-state index contributed by atoms with van der Waals surface area (Å²) in [6, 6.07) is 8.53. The van der Waals surface area contributed by atoms with Gasteiger partial charge >= 0.3 is 0 Å². The average Bonchev–Trinajstić information content (AvgIpc) is 2.82. The van der Waals surface area contributed by atoms with Gasteiger partial charge in [-0.15, -0.1) is 0 Å². The second kappa shape index (κ2) is 4.74. The second-order valence-electron chi connectivity index (χ2n) is 5.24. The molecule has 0 amide bonds. The van der Waals surface area contributed by atoms with Crippen molar-refractivity contribution in [2.75, 3.05) is 0 Å². The van der Waals surface area contributed by atoms with Crippen LogP contribution in [0.1, 0.15) is 53.6 Å². The first kappa shape index (κ1) is 12.3. The van der Waals surface area contributed by atoms with Crippen molar-refractivity contribution in [3.8, 4) is 0 Å². The van der Waals surface area contributed by atoms with Gasteiger partial charge in [0.2, 0.25) is 0 Å². The molecule has 2 atom stereocenters. The number of aromatic nitrogens is 2. The number of rotatable bonds is 2. The monoisotopic (exact) mass is 254 g/mol. The minimum atomic E-state index is -0.509. The van der Waals surface area contributed by atoms with Gasteiger partial charge in [0, 0.05) is 23.4 Å². The third kappa shape index (κ3) is 2.15. The predicted molar refractivity (Wildman–Crippen MR) is 74.0 cm³/mol. The summed E-state index contributed by atoms with van der Waals surface area (Å²) in [6.07, 6.45) is 3.43. The Kier molecular flexibility index (Phi) is 3.07. The molecule has 1 aromatic heterocycles. The van der Waals surface area contributed by atoms with Gasteiger partial charge in [0.15, 0.2) is 0 Å². The number of nitrogens with zero attached hydrogens (tertiary/aromatic N) is 2. The number of fused-ring (bicyclic) bond motifs is 1. The average molecular weight is 254 g/mol. The van der Waals surface area contributed by atoms with Crippen LogP contribution in [-0.4, -0.2) is 15.1 Å². The van der Waals surface area contributed by atoms with Gasteiger partial charge in [-0.3, -0.25) is 0 Å². The molecule has 98 valence electrons. The van der Waals surface area contributed by atoms with Crippen LogP contribution in [0.25, 0.3) is 0 Å². The highest BCUT2D eigenvalue weighted by Gasteiger charge is 2.26. The molecule has 0 saturated heterocycles. The molecule has 0 radical (unpaired) electrons. The van der Waals surface area contributed by atoms with E-state index in [4.69, 9.17) is 0 Å². The molecule has 3 rings (SSSR count). The highest BCUT2D eigenvalue weighted by Crippen LogP contribution is 2.36. The van der Waals surface area contributed by atoms with Gasteiger partial charge in [0.05, 0.1) is 6.10 Å². The quantitative estimate of drug-likeness (QED) is 0.896. The minimum Gasteiger partial charge on any atom is -0.389 e. The van der Waals surface area contributed by atoms with Crippen molar-refractivity contribution >= 4 is 0 Å². The maximum Gasteiger partial charge on any atom is 0.136 e. The van der Waals surface area contributed by atoms with Gasteiger partial charge in [-0.05, 0) is 37.8 Å². The summed E-state index contributed by atoms with van der Waals surface area (Å²) in [7, 11) is 0. The fourth-order valence-corrected chi connectivity index (χ4v) is 2.90. The minimum absolute atomic E-state index is 0.304. The first-order valence-corrected chi connectivity index (χ1v) is 6.76. The lowest BCUT2D eigenvalue weighted by molar-refractivity contribution is 0.197. The van der Waals surface area contributed by atoms with Gasteiger partial charge in [0.1, 0.15) is 5.82 Å². The van der Waals surface area contributed by atoms with Crippen LogP contribution in [0.3, 0.4) is 0 Å². The molecule has 2 aromatic rings. The Morgan fingerprint density at radius 2 is 2.11 bits per heavy atom. The van der Waals surface area contributed by atoms with Crippen LogP contribution in [0.15, 0.2) is 30.5 Å². The van der Waals surface area contributed by atoms with E-state index in [9.17, 15) is 5.11 Å². The van der Waals surface area contributed by atoms with Gasteiger partial charge < -0.3 is 5.11 Å². The molecule has 3 nitrogen and oxygen atoms in total. The molecule has 0 saturated carbocycles. The highest BCUT2D eigenvalue weighted by molar-refractivity contribution is 5.39. The first-order chi connectivity index (χ1) is 9.16. The molecule has 19 heavy (non-hydrogen) atoms. The molecule has 1 aliphatic rings. The van der Waals surface area contributed by atoms with E-state index in [2.05, 4.69) is 34.2 Å². The van der Waals surface area contributed by atoms with Crippen molar-refractivity contribution in [2.24, 2.45) is 0 Å². The molecular weight excluding hydrogens is 236 g/mol. The zero-order valence-electron chi connectivity index (χ0n) is 11.3. The molecule has 1 aliphatic carbocycles. The number of benzene rings is 1. The predicted octanol–water partition coefficient (Wildman–Crippen LogP) is 2.92. The van der Waals surface area contributed by atoms with Crippen LogP contribution in [0.5, 0.6) is 0 Å². The Morgan fingerprint density at radius 1 is 1.32 bits per heavy atom. The largest absolute Gasteiger partial charge is 0.389 e. The van der Waals surface area contributed by atoms with E-state index in [-0.39, 0.29) is 0 Å². The van der Waals surface area contributed by atoms with E-state index in [0.29, 0.717) is 5.92 Å². The van der Waals surface area contributed by atoms with Crippen LogP contribution in [-0.2, 0) is 6.42 Å². The highest BCUT2D eigenvalue weighted by atomic mass is 16.3. The number of aliphatic hydroxyl groups excluding tert-OH is 1. The molecule has 0 fully saturated rings. The van der Waals surface area contributed by atoms with E-state index >= 15 is 0 Å². The fourth-order valence-electron chi connectivity index (χ4n) is 2.90. The summed E-state index contributed by atoms with van der Waals surface area (Å²) in [5.41, 5.74) is 4.46. The number of hydrogen-bond donors (Lipinski definition) is 1. The number of hydrogen-bond acceptors (Lipinski definition) is 3. The lowest BCUT2D eigenvalue weighted by Gasteiger charge is -2.13. The molecule has 3 heteroatoms. The van der Waals surface area contributed by atoms with E-state index in [1.165, 1.54) is 11.1 Å². The van der Waals surface area contributed by atoms with Crippen molar-refractivity contribution in [3.63, 3.8) is 0 Å². The van der Waals surface area contributed by atoms with Crippen LogP contribution in [0, 0.1) is 6.92 Å². The fraction of sp³-hybridized carbons (Fsp3) is 0.375. The van der Waals surface area contributed by atoms with Gasteiger partial charge in [0.25, 0.3) is 0 Å². The standard InChI is InChI=1S/C16H18N2O/c1-10-15(11(2)19)9-17-16(18-10)14-8-7-12-5-3-4-6-13(12)14/h3-6,9,11,14,19H,7-8H2,1-2H3/t11-,14?/m0/s1. The van der Waals surface area contributed by atoms with E-state index in [1.807, 2.05) is 6.92 Å². The number of aryl methyl sites for hydroxylation is 2. The maximum atomic E-state index is 9.64. The molecule has 1 heterocycles. The van der Waals surface area contributed by atoms with Crippen molar-refractivity contribution < 1.29 is 5.11 Å². The van der Waals surface area contributed by atoms with Gasteiger partial charge in [-0.1, -0.05) is 24.3 Å². The Hall–Kier alpha value is -1.74. The van der Waals surface area contributed by atoms with Crippen LogP contribution in [0.2, 0.25) is 0 Å². The Morgan fingerprint density at radius 3 is 2.84 bits per heavy atom. The zero-order valence-corrected chi connectivity index (χ0v) is 11.3. The Labute approximate surface area is 113 Å². The number of aliphatic hydroxyl groups is 1. The van der Waals surface area contributed by atoms with Crippen molar-refractivity contribution in [3.05, 3.63) is 58.7 Å². The molecule has 1 unspecified atom stereocenters. The van der Waals surface area contributed by atoms with Crippen LogP contribution < -0.4 is 0 Å². The van der Waals surface area contributed by atoms with E-state index < -0.39 is 6.10 Å². The SMILES string of the molecule is Cc1nc(C2CCc3ccccc32)ncc1[C@H](C)O. The summed E-state index contributed by atoms with van der Waals surface area (Å²) in [6.45, 7) is 3.68. The summed E-state index contributed by atoms with van der Waals surface area (Å²) in [4.78, 5) is 9.07. The topological polar surface area (TPSA) is 46.0 Å². The first-order valence-electron chi connectivity index (χ1n) is 6.76. The summed E-state index contributed by atoms with van der Waals surface area (Å²) in [5.74, 6) is 1.18. The molecule has 0 spiro atoms.